The number of nitrogen functional groups attached to an aromatic ring is 1. The van der Waals surface area contributed by atoms with Gasteiger partial charge in [-0.1, -0.05) is 24.3 Å². The van der Waals surface area contributed by atoms with Crippen molar-refractivity contribution >= 4 is 17.3 Å². The van der Waals surface area contributed by atoms with Gasteiger partial charge in [0.05, 0.1) is 18.7 Å². The molecule has 1 saturated heterocycles. The second kappa shape index (κ2) is 6.17. The van der Waals surface area contributed by atoms with Gasteiger partial charge in [0, 0.05) is 5.69 Å². The van der Waals surface area contributed by atoms with E-state index in [2.05, 4.69) is 4.99 Å². The van der Waals surface area contributed by atoms with Gasteiger partial charge in [-0.3, -0.25) is 0 Å². The molecule has 0 unspecified atom stereocenters. The highest BCUT2D eigenvalue weighted by molar-refractivity contribution is 5.82. The van der Waals surface area contributed by atoms with Crippen molar-refractivity contribution in [3.05, 3.63) is 48.5 Å². The van der Waals surface area contributed by atoms with E-state index in [1.54, 1.807) is 0 Å². The summed E-state index contributed by atoms with van der Waals surface area (Å²) in [4.78, 5) is 4.36. The first-order chi connectivity index (χ1) is 10.7. The lowest BCUT2D eigenvalue weighted by atomic mass is 10.1. The number of aliphatic hydroxyl groups is 2. The first kappa shape index (κ1) is 14.6. The van der Waals surface area contributed by atoms with E-state index in [1.807, 2.05) is 48.5 Å². The van der Waals surface area contributed by atoms with Crippen LogP contribution in [0.3, 0.4) is 0 Å². The maximum atomic E-state index is 9.68. The number of hydrogen-bond acceptors (Lipinski definition) is 5. The van der Waals surface area contributed by atoms with Crippen molar-refractivity contribution in [1.29, 1.82) is 0 Å². The lowest BCUT2D eigenvalue weighted by molar-refractivity contribution is 0.0323. The topological polar surface area (TPSA) is 88.1 Å². The van der Waals surface area contributed by atoms with E-state index in [0.717, 1.165) is 22.5 Å². The molecule has 1 fully saturated rings. The van der Waals surface area contributed by atoms with Gasteiger partial charge in [0.2, 0.25) is 0 Å². The number of nitrogens with two attached hydrogens (primary N) is 1. The third kappa shape index (κ3) is 3.10. The predicted octanol–water partition coefficient (Wildman–Crippen LogP) is 2.11. The van der Waals surface area contributed by atoms with Crippen molar-refractivity contribution in [2.75, 3.05) is 12.3 Å². The van der Waals surface area contributed by atoms with Gasteiger partial charge in [-0.05, 0) is 35.4 Å². The average molecular weight is 298 g/mol. The van der Waals surface area contributed by atoms with E-state index in [-0.39, 0.29) is 6.61 Å². The largest absolute Gasteiger partial charge is 0.472 e. The Morgan fingerprint density at radius 3 is 2.18 bits per heavy atom. The minimum atomic E-state index is -0.696. The molecule has 1 aliphatic rings. The van der Waals surface area contributed by atoms with Crippen molar-refractivity contribution in [3.63, 3.8) is 0 Å². The standard InChI is InChI=1S/C17H18N2O3/c18-13-5-1-11(2-6-13)12-3-7-14(8-4-12)19-17-9-15(21)16(10-20)22-17/h1-8,15-16,20-21H,9-10,18H2/b19-17-/t15-,16+/m0/s1. The van der Waals surface area contributed by atoms with Crippen molar-refractivity contribution in [3.8, 4) is 11.1 Å². The molecule has 22 heavy (non-hydrogen) atoms. The van der Waals surface area contributed by atoms with Gasteiger partial charge in [-0.25, -0.2) is 4.99 Å². The Bertz CT molecular complexity index is 665. The van der Waals surface area contributed by atoms with Gasteiger partial charge in [-0.15, -0.1) is 0 Å². The Labute approximate surface area is 128 Å². The van der Waals surface area contributed by atoms with Crippen LogP contribution in [-0.2, 0) is 4.74 Å². The molecular weight excluding hydrogens is 280 g/mol. The minimum absolute atomic E-state index is 0.212. The van der Waals surface area contributed by atoms with E-state index in [4.69, 9.17) is 15.6 Å². The fourth-order valence-corrected chi connectivity index (χ4v) is 2.39. The van der Waals surface area contributed by atoms with Crippen LogP contribution in [0.15, 0.2) is 53.5 Å². The summed E-state index contributed by atoms with van der Waals surface area (Å²) in [6.45, 7) is -0.212. The van der Waals surface area contributed by atoms with Gasteiger partial charge in [0.15, 0.2) is 5.90 Å². The summed E-state index contributed by atoms with van der Waals surface area (Å²) in [6.07, 6.45) is -0.948. The Hall–Kier alpha value is -2.37. The number of ether oxygens (including phenoxy) is 1. The molecule has 0 bridgehead atoms. The van der Waals surface area contributed by atoms with Gasteiger partial charge in [0.1, 0.15) is 12.2 Å². The summed E-state index contributed by atoms with van der Waals surface area (Å²) in [5.74, 6) is 0.451. The molecule has 0 spiro atoms. The van der Waals surface area contributed by atoms with Crippen LogP contribution in [0, 0.1) is 0 Å². The van der Waals surface area contributed by atoms with Crippen LogP contribution in [0.2, 0.25) is 0 Å². The summed E-state index contributed by atoms with van der Waals surface area (Å²) in [7, 11) is 0. The third-order valence-corrected chi connectivity index (χ3v) is 3.65. The molecule has 1 aliphatic heterocycles. The first-order valence-corrected chi connectivity index (χ1v) is 7.15. The number of rotatable bonds is 3. The molecule has 5 heteroatoms. The summed E-state index contributed by atoms with van der Waals surface area (Å²) in [5.41, 5.74) is 9.33. The van der Waals surface area contributed by atoms with Crippen LogP contribution in [0.4, 0.5) is 11.4 Å². The van der Waals surface area contributed by atoms with Crippen molar-refractivity contribution in [2.24, 2.45) is 4.99 Å². The molecule has 2 atom stereocenters. The fourth-order valence-electron chi connectivity index (χ4n) is 2.39. The van der Waals surface area contributed by atoms with Crippen LogP contribution in [-0.4, -0.2) is 34.9 Å². The zero-order chi connectivity index (χ0) is 15.5. The summed E-state index contributed by atoms with van der Waals surface area (Å²) >= 11 is 0. The lowest BCUT2D eigenvalue weighted by Gasteiger charge is -2.08. The maximum absolute atomic E-state index is 9.68. The lowest BCUT2D eigenvalue weighted by Crippen LogP contribution is -2.24. The summed E-state index contributed by atoms with van der Waals surface area (Å²) in [5, 5.41) is 18.7. The first-order valence-electron chi connectivity index (χ1n) is 7.15. The molecule has 0 amide bonds. The molecule has 0 aliphatic carbocycles. The molecule has 2 aromatic rings. The molecule has 0 radical (unpaired) electrons. The zero-order valence-electron chi connectivity index (χ0n) is 12.0. The van der Waals surface area contributed by atoms with Gasteiger partial charge in [-0.2, -0.15) is 0 Å². The molecule has 0 aromatic heterocycles. The molecule has 5 nitrogen and oxygen atoms in total. The van der Waals surface area contributed by atoms with Crippen LogP contribution in [0.5, 0.6) is 0 Å². The SMILES string of the molecule is Nc1ccc(-c2ccc(/N=C3/C[C@H](O)[C@@H](CO)O3)cc2)cc1. The van der Waals surface area contributed by atoms with Gasteiger partial charge < -0.3 is 20.7 Å². The number of hydrogen-bond donors (Lipinski definition) is 3. The second-order valence-electron chi connectivity index (χ2n) is 5.28. The van der Waals surface area contributed by atoms with E-state index < -0.39 is 12.2 Å². The molecule has 3 rings (SSSR count). The Morgan fingerprint density at radius 2 is 1.64 bits per heavy atom. The van der Waals surface area contributed by atoms with Crippen LogP contribution >= 0.6 is 0 Å². The predicted molar refractivity (Wildman–Crippen MR) is 86.0 cm³/mol. The number of aliphatic imine (C=N–C) groups is 1. The Morgan fingerprint density at radius 1 is 1.05 bits per heavy atom. The van der Waals surface area contributed by atoms with E-state index in [1.165, 1.54) is 0 Å². The van der Waals surface area contributed by atoms with Crippen LogP contribution in [0.25, 0.3) is 11.1 Å². The van der Waals surface area contributed by atoms with Gasteiger partial charge in [0.25, 0.3) is 0 Å². The zero-order valence-corrected chi connectivity index (χ0v) is 12.0. The highest BCUT2D eigenvalue weighted by Crippen LogP contribution is 2.25. The van der Waals surface area contributed by atoms with Crippen molar-refractivity contribution < 1.29 is 14.9 Å². The summed E-state index contributed by atoms with van der Waals surface area (Å²) in [6, 6.07) is 15.4. The molecule has 0 saturated carbocycles. The summed E-state index contributed by atoms with van der Waals surface area (Å²) < 4.78 is 5.39. The van der Waals surface area contributed by atoms with E-state index >= 15 is 0 Å². The fraction of sp³-hybridized carbons (Fsp3) is 0.235. The van der Waals surface area contributed by atoms with E-state index in [0.29, 0.717) is 12.3 Å². The van der Waals surface area contributed by atoms with Crippen molar-refractivity contribution in [1.82, 2.24) is 0 Å². The Kier molecular flexibility index (Phi) is 4.09. The maximum Gasteiger partial charge on any atom is 0.191 e. The average Bonchev–Trinajstić information content (AvgIpc) is 2.88. The monoisotopic (exact) mass is 298 g/mol. The molecule has 2 aromatic carbocycles. The minimum Gasteiger partial charge on any atom is -0.472 e. The van der Waals surface area contributed by atoms with E-state index in [9.17, 15) is 5.11 Å². The molecule has 4 N–H and O–H groups in total. The number of benzene rings is 2. The second-order valence-corrected chi connectivity index (χ2v) is 5.28. The molecule has 1 heterocycles. The van der Waals surface area contributed by atoms with Crippen LogP contribution in [0.1, 0.15) is 6.42 Å². The number of anilines is 1. The normalized spacial score (nSPS) is 22.7. The Balaban J connectivity index is 1.76. The molecule has 114 valence electrons. The highest BCUT2D eigenvalue weighted by atomic mass is 16.5. The number of aliphatic hydroxyl groups excluding tert-OH is 2. The number of nitrogens with zero attached hydrogens (tertiary/aromatic N) is 1. The highest BCUT2D eigenvalue weighted by Gasteiger charge is 2.31. The van der Waals surface area contributed by atoms with Crippen molar-refractivity contribution in [2.45, 2.75) is 18.6 Å². The van der Waals surface area contributed by atoms with Gasteiger partial charge >= 0.3 is 0 Å². The smallest absolute Gasteiger partial charge is 0.191 e. The quantitative estimate of drug-likeness (QED) is 0.757. The molecular formula is C17H18N2O3. The third-order valence-electron chi connectivity index (χ3n) is 3.65. The van der Waals surface area contributed by atoms with Crippen LogP contribution < -0.4 is 5.73 Å².